The number of carbonyl (C=O) groups is 1. The summed E-state index contributed by atoms with van der Waals surface area (Å²) >= 11 is 0. The standard InChI is InChI=1S/C24H29N5O/c1-19-16-27-23(22-10-12-25-13-11-22)29(19)18-21-8-5-15-28(17-21)24(30)26-14-9-20-6-3-2-4-7-20/h2-4,6-7,10-13,16,21H,5,8-9,14-15,17-18H2,1H3,(H,26,30). The van der Waals surface area contributed by atoms with Gasteiger partial charge in [-0.2, -0.15) is 0 Å². The molecule has 1 aromatic carbocycles. The molecule has 1 unspecified atom stereocenters. The first kappa shape index (κ1) is 20.1. The first-order valence-electron chi connectivity index (χ1n) is 10.7. The Morgan fingerprint density at radius 1 is 1.17 bits per heavy atom. The number of likely N-dealkylation sites (tertiary alicyclic amines) is 1. The molecule has 6 nitrogen and oxygen atoms in total. The van der Waals surface area contributed by atoms with Crippen molar-refractivity contribution in [2.45, 2.75) is 32.7 Å². The average Bonchev–Trinajstić information content (AvgIpc) is 3.15. The highest BCUT2D eigenvalue weighted by molar-refractivity contribution is 5.74. The molecule has 1 fully saturated rings. The number of benzene rings is 1. The number of pyridine rings is 1. The molecule has 3 aromatic rings. The van der Waals surface area contributed by atoms with Crippen LogP contribution in [0.25, 0.3) is 11.4 Å². The van der Waals surface area contributed by atoms with Crippen molar-refractivity contribution in [1.29, 1.82) is 0 Å². The van der Waals surface area contributed by atoms with Crippen molar-refractivity contribution < 1.29 is 4.79 Å². The van der Waals surface area contributed by atoms with Gasteiger partial charge < -0.3 is 14.8 Å². The lowest BCUT2D eigenvalue weighted by molar-refractivity contribution is 0.159. The topological polar surface area (TPSA) is 63.1 Å². The summed E-state index contributed by atoms with van der Waals surface area (Å²) in [6, 6.07) is 14.3. The number of aromatic nitrogens is 3. The van der Waals surface area contributed by atoms with E-state index in [9.17, 15) is 4.79 Å². The van der Waals surface area contributed by atoms with Gasteiger partial charge in [0.2, 0.25) is 0 Å². The molecule has 1 atom stereocenters. The van der Waals surface area contributed by atoms with Gasteiger partial charge in [-0.25, -0.2) is 9.78 Å². The van der Waals surface area contributed by atoms with E-state index in [0.29, 0.717) is 12.5 Å². The fourth-order valence-corrected chi connectivity index (χ4v) is 4.15. The van der Waals surface area contributed by atoms with Crippen LogP contribution in [0.3, 0.4) is 0 Å². The van der Waals surface area contributed by atoms with E-state index in [4.69, 9.17) is 0 Å². The summed E-state index contributed by atoms with van der Waals surface area (Å²) in [4.78, 5) is 23.4. The molecule has 1 aliphatic rings. The Morgan fingerprint density at radius 3 is 2.77 bits per heavy atom. The summed E-state index contributed by atoms with van der Waals surface area (Å²) in [5.74, 6) is 1.39. The number of hydrogen-bond acceptors (Lipinski definition) is 3. The molecule has 0 radical (unpaired) electrons. The van der Waals surface area contributed by atoms with E-state index in [1.54, 1.807) is 12.4 Å². The summed E-state index contributed by atoms with van der Waals surface area (Å²) in [5, 5.41) is 3.09. The lowest BCUT2D eigenvalue weighted by Crippen LogP contribution is -2.46. The van der Waals surface area contributed by atoms with Crippen LogP contribution in [0.1, 0.15) is 24.1 Å². The second-order valence-corrected chi connectivity index (χ2v) is 7.99. The van der Waals surface area contributed by atoms with Crippen molar-refractivity contribution in [2.24, 2.45) is 5.92 Å². The summed E-state index contributed by atoms with van der Waals surface area (Å²) in [6.07, 6.45) is 8.54. The number of urea groups is 1. The highest BCUT2D eigenvalue weighted by Crippen LogP contribution is 2.24. The molecule has 0 aliphatic carbocycles. The van der Waals surface area contributed by atoms with E-state index in [-0.39, 0.29) is 6.03 Å². The van der Waals surface area contributed by atoms with Crippen molar-refractivity contribution >= 4 is 6.03 Å². The monoisotopic (exact) mass is 403 g/mol. The van der Waals surface area contributed by atoms with E-state index in [2.05, 4.69) is 38.9 Å². The lowest BCUT2D eigenvalue weighted by atomic mass is 9.98. The van der Waals surface area contributed by atoms with Gasteiger partial charge in [0.15, 0.2) is 0 Å². The maximum Gasteiger partial charge on any atom is 0.317 e. The smallest absolute Gasteiger partial charge is 0.317 e. The predicted octanol–water partition coefficient (Wildman–Crippen LogP) is 3.92. The number of piperidine rings is 1. The molecular weight excluding hydrogens is 374 g/mol. The van der Waals surface area contributed by atoms with Gasteiger partial charge in [-0.05, 0) is 49.8 Å². The van der Waals surface area contributed by atoms with Crippen LogP contribution < -0.4 is 5.32 Å². The second kappa shape index (κ2) is 9.57. The van der Waals surface area contributed by atoms with Crippen molar-refractivity contribution in [1.82, 2.24) is 24.8 Å². The highest BCUT2D eigenvalue weighted by Gasteiger charge is 2.25. The molecule has 0 spiro atoms. The van der Waals surface area contributed by atoms with Crippen molar-refractivity contribution in [2.75, 3.05) is 19.6 Å². The van der Waals surface area contributed by atoms with Crippen molar-refractivity contribution in [3.63, 3.8) is 0 Å². The molecule has 3 heterocycles. The van der Waals surface area contributed by atoms with Crippen molar-refractivity contribution in [3.8, 4) is 11.4 Å². The molecule has 2 aromatic heterocycles. The molecule has 156 valence electrons. The SMILES string of the molecule is Cc1cnc(-c2ccncc2)n1CC1CCCN(C(=O)NCCc2ccccc2)C1. The van der Waals surface area contributed by atoms with Gasteiger partial charge in [-0.1, -0.05) is 30.3 Å². The van der Waals surface area contributed by atoms with Gasteiger partial charge in [0, 0.05) is 56.0 Å². The van der Waals surface area contributed by atoms with Gasteiger partial charge in [-0.3, -0.25) is 4.98 Å². The third-order valence-corrected chi connectivity index (χ3v) is 5.77. The normalized spacial score (nSPS) is 16.4. The highest BCUT2D eigenvalue weighted by atomic mass is 16.2. The zero-order valence-electron chi connectivity index (χ0n) is 17.5. The molecule has 1 aliphatic heterocycles. The largest absolute Gasteiger partial charge is 0.338 e. The Morgan fingerprint density at radius 2 is 1.97 bits per heavy atom. The first-order valence-corrected chi connectivity index (χ1v) is 10.7. The molecule has 0 saturated carbocycles. The fourth-order valence-electron chi connectivity index (χ4n) is 4.15. The van der Waals surface area contributed by atoms with Gasteiger partial charge in [-0.15, -0.1) is 0 Å². The Bertz CT molecular complexity index is 954. The van der Waals surface area contributed by atoms with E-state index in [1.807, 2.05) is 41.4 Å². The number of amides is 2. The van der Waals surface area contributed by atoms with Crippen LogP contribution in [-0.4, -0.2) is 45.1 Å². The van der Waals surface area contributed by atoms with Crippen LogP contribution in [0.15, 0.2) is 61.1 Å². The van der Waals surface area contributed by atoms with E-state index in [0.717, 1.165) is 56.0 Å². The van der Waals surface area contributed by atoms with Gasteiger partial charge >= 0.3 is 6.03 Å². The zero-order valence-corrected chi connectivity index (χ0v) is 17.5. The van der Waals surface area contributed by atoms with Crippen LogP contribution >= 0.6 is 0 Å². The molecular formula is C24H29N5O. The summed E-state index contributed by atoms with van der Waals surface area (Å²) in [7, 11) is 0. The van der Waals surface area contributed by atoms with Crippen LogP contribution in [0.4, 0.5) is 4.79 Å². The quantitative estimate of drug-likeness (QED) is 0.679. The number of carbonyl (C=O) groups excluding carboxylic acids is 1. The third-order valence-electron chi connectivity index (χ3n) is 5.77. The molecule has 1 saturated heterocycles. The second-order valence-electron chi connectivity index (χ2n) is 7.99. The minimum absolute atomic E-state index is 0.0485. The number of nitrogens with zero attached hydrogens (tertiary/aromatic N) is 4. The summed E-state index contributed by atoms with van der Waals surface area (Å²) in [5.41, 5.74) is 3.46. The number of nitrogens with one attached hydrogen (secondary N) is 1. The Labute approximate surface area is 178 Å². The number of hydrogen-bond donors (Lipinski definition) is 1. The molecule has 2 amide bonds. The van der Waals surface area contributed by atoms with E-state index >= 15 is 0 Å². The minimum atomic E-state index is 0.0485. The Hall–Kier alpha value is -3.15. The predicted molar refractivity (Wildman–Crippen MR) is 118 cm³/mol. The molecule has 0 bridgehead atoms. The van der Waals surface area contributed by atoms with Crippen LogP contribution in [-0.2, 0) is 13.0 Å². The molecule has 4 rings (SSSR count). The minimum Gasteiger partial charge on any atom is -0.338 e. The maximum atomic E-state index is 12.7. The summed E-state index contributed by atoms with van der Waals surface area (Å²) in [6.45, 7) is 5.24. The number of rotatable bonds is 6. The Kier molecular flexibility index (Phi) is 6.42. The van der Waals surface area contributed by atoms with E-state index in [1.165, 1.54) is 5.56 Å². The Balaban J connectivity index is 1.34. The lowest BCUT2D eigenvalue weighted by Gasteiger charge is -2.33. The molecule has 30 heavy (non-hydrogen) atoms. The van der Waals surface area contributed by atoms with Crippen molar-refractivity contribution in [3.05, 3.63) is 72.3 Å². The van der Waals surface area contributed by atoms with Gasteiger partial charge in [0.25, 0.3) is 0 Å². The first-order chi connectivity index (χ1) is 14.7. The van der Waals surface area contributed by atoms with Crippen LogP contribution in [0, 0.1) is 12.8 Å². The van der Waals surface area contributed by atoms with Gasteiger partial charge in [0.1, 0.15) is 5.82 Å². The zero-order chi connectivity index (χ0) is 20.8. The van der Waals surface area contributed by atoms with Crippen LogP contribution in [0.5, 0.6) is 0 Å². The van der Waals surface area contributed by atoms with Crippen LogP contribution in [0.2, 0.25) is 0 Å². The average molecular weight is 404 g/mol. The fraction of sp³-hybridized carbons (Fsp3) is 0.375. The third kappa shape index (κ3) is 4.87. The van der Waals surface area contributed by atoms with E-state index < -0.39 is 0 Å². The number of aryl methyl sites for hydroxylation is 1. The summed E-state index contributed by atoms with van der Waals surface area (Å²) < 4.78 is 2.27. The molecule has 1 N–H and O–H groups in total. The molecule has 6 heteroatoms. The maximum absolute atomic E-state index is 12.7. The van der Waals surface area contributed by atoms with Gasteiger partial charge in [0.05, 0.1) is 0 Å². The number of imidazole rings is 1.